The third-order valence-corrected chi connectivity index (χ3v) is 4.21. The van der Waals surface area contributed by atoms with E-state index in [4.69, 9.17) is 15.5 Å². The monoisotopic (exact) mass is 354 g/mol. The van der Waals surface area contributed by atoms with Gasteiger partial charge in [0, 0.05) is 44.1 Å². The number of ether oxygens (including phenoxy) is 1. The molecule has 0 saturated carbocycles. The number of anilines is 1. The summed E-state index contributed by atoms with van der Waals surface area (Å²) >= 11 is 0. The zero-order valence-corrected chi connectivity index (χ0v) is 15.5. The van der Waals surface area contributed by atoms with Gasteiger partial charge < -0.3 is 15.0 Å². The maximum atomic E-state index is 6.06. The van der Waals surface area contributed by atoms with Crippen molar-refractivity contribution in [2.24, 2.45) is 0 Å². The molecule has 0 radical (unpaired) electrons. The summed E-state index contributed by atoms with van der Waals surface area (Å²) in [5.41, 5.74) is 8.79. The van der Waals surface area contributed by atoms with Crippen molar-refractivity contribution in [3.63, 3.8) is 0 Å². The molecule has 0 spiro atoms. The average molecular weight is 354 g/mol. The number of rotatable bonds is 9. The van der Waals surface area contributed by atoms with Crippen molar-refractivity contribution in [2.45, 2.75) is 46.1 Å². The first-order valence-electron chi connectivity index (χ1n) is 9.15. The molecule has 2 N–H and O–H groups in total. The number of nitrogens with two attached hydrogens (primary N) is 1. The number of hydrogen-bond donors (Lipinski definition) is 1. The molecule has 0 saturated heterocycles. The molecule has 3 aromatic heterocycles. The van der Waals surface area contributed by atoms with Crippen LogP contribution >= 0.6 is 0 Å². The van der Waals surface area contributed by atoms with E-state index in [0.29, 0.717) is 19.0 Å². The lowest BCUT2D eigenvalue weighted by Gasteiger charge is -2.10. The van der Waals surface area contributed by atoms with Crippen LogP contribution in [0, 0.1) is 6.92 Å². The van der Waals surface area contributed by atoms with E-state index in [0.717, 1.165) is 60.6 Å². The predicted octanol–water partition coefficient (Wildman–Crippen LogP) is 2.71. The molecule has 7 heteroatoms. The van der Waals surface area contributed by atoms with E-state index >= 15 is 0 Å². The van der Waals surface area contributed by atoms with E-state index in [2.05, 4.69) is 26.4 Å². The van der Waals surface area contributed by atoms with Crippen molar-refractivity contribution in [3.8, 4) is 0 Å². The molecule has 0 unspecified atom stereocenters. The van der Waals surface area contributed by atoms with Gasteiger partial charge in [-0.1, -0.05) is 6.92 Å². The largest absolute Gasteiger partial charge is 0.382 e. The summed E-state index contributed by atoms with van der Waals surface area (Å²) in [5.74, 6) is 2.41. The molecule has 0 amide bonds. The molecule has 0 fully saturated rings. The molecule has 0 aliphatic heterocycles. The van der Waals surface area contributed by atoms with Gasteiger partial charge in [-0.3, -0.25) is 0 Å². The van der Waals surface area contributed by atoms with Gasteiger partial charge in [0.05, 0.1) is 12.1 Å². The number of nitrogens with zero attached hydrogens (tertiary/aromatic N) is 5. The van der Waals surface area contributed by atoms with Gasteiger partial charge in [0.1, 0.15) is 17.2 Å². The average Bonchev–Trinajstić information content (AvgIpc) is 2.97. The number of nitrogen functional groups attached to an aromatic ring is 1. The van der Waals surface area contributed by atoms with Crippen molar-refractivity contribution >= 4 is 16.9 Å². The highest BCUT2D eigenvalue weighted by Crippen LogP contribution is 2.22. The van der Waals surface area contributed by atoms with E-state index in [9.17, 15) is 0 Å². The molecule has 0 aromatic carbocycles. The lowest BCUT2D eigenvalue weighted by atomic mass is 10.3. The summed E-state index contributed by atoms with van der Waals surface area (Å²) in [6.07, 6.45) is 7.23. The molecule has 0 bridgehead atoms. The van der Waals surface area contributed by atoms with E-state index in [1.807, 2.05) is 19.1 Å². The summed E-state index contributed by atoms with van der Waals surface area (Å²) in [7, 11) is 0. The second kappa shape index (κ2) is 8.71. The van der Waals surface area contributed by atoms with Gasteiger partial charge in [-0.15, -0.1) is 0 Å². The van der Waals surface area contributed by atoms with Gasteiger partial charge in [0.2, 0.25) is 0 Å². The van der Waals surface area contributed by atoms with Gasteiger partial charge in [0.25, 0.3) is 0 Å². The third-order valence-electron chi connectivity index (χ3n) is 4.21. The highest BCUT2D eigenvalue weighted by atomic mass is 16.5. The first kappa shape index (κ1) is 18.3. The van der Waals surface area contributed by atoms with Crippen molar-refractivity contribution in [1.82, 2.24) is 24.5 Å². The van der Waals surface area contributed by atoms with Crippen LogP contribution in [-0.4, -0.2) is 37.7 Å². The Hall–Kier alpha value is -2.54. The molecule has 0 atom stereocenters. The Morgan fingerprint density at radius 3 is 2.69 bits per heavy atom. The highest BCUT2D eigenvalue weighted by Gasteiger charge is 2.13. The van der Waals surface area contributed by atoms with Crippen molar-refractivity contribution in [2.75, 3.05) is 18.9 Å². The van der Waals surface area contributed by atoms with Crippen LogP contribution in [0.4, 0.5) is 5.82 Å². The van der Waals surface area contributed by atoms with Gasteiger partial charge in [-0.05, 0) is 31.9 Å². The number of fused-ring (bicyclic) bond motifs is 1. The van der Waals surface area contributed by atoms with E-state index in [1.165, 1.54) is 0 Å². The van der Waals surface area contributed by atoms with Crippen LogP contribution in [-0.2, 0) is 24.1 Å². The quantitative estimate of drug-likeness (QED) is 0.594. The van der Waals surface area contributed by atoms with Crippen LogP contribution < -0.4 is 5.73 Å². The molecule has 3 rings (SSSR count). The zero-order valence-electron chi connectivity index (χ0n) is 15.5. The first-order valence-corrected chi connectivity index (χ1v) is 9.15. The highest BCUT2D eigenvalue weighted by molar-refractivity contribution is 5.85. The number of pyridine rings is 1. The Morgan fingerprint density at radius 2 is 1.92 bits per heavy atom. The number of hydrogen-bond acceptors (Lipinski definition) is 6. The van der Waals surface area contributed by atoms with Gasteiger partial charge in [0.15, 0.2) is 5.82 Å². The van der Waals surface area contributed by atoms with Gasteiger partial charge >= 0.3 is 0 Å². The van der Waals surface area contributed by atoms with Crippen LogP contribution in [0.5, 0.6) is 0 Å². The molecule has 7 nitrogen and oxygen atoms in total. The topological polar surface area (TPSA) is 91.7 Å². The Balaban J connectivity index is 1.58. The maximum absolute atomic E-state index is 6.06. The second-order valence-electron chi connectivity index (χ2n) is 6.33. The Morgan fingerprint density at radius 1 is 1.12 bits per heavy atom. The van der Waals surface area contributed by atoms with E-state index in [1.54, 1.807) is 12.4 Å². The minimum Gasteiger partial charge on any atom is -0.382 e. The third kappa shape index (κ3) is 4.35. The molecule has 3 heterocycles. The fraction of sp³-hybridized carbons (Fsp3) is 0.474. The minimum absolute atomic E-state index is 0.500. The Kier molecular flexibility index (Phi) is 6.12. The molecular weight excluding hydrogens is 328 g/mol. The molecule has 3 aromatic rings. The van der Waals surface area contributed by atoms with Gasteiger partial charge in [-0.2, -0.15) is 0 Å². The molecular formula is C19H26N6O. The Labute approximate surface area is 153 Å². The van der Waals surface area contributed by atoms with Crippen LogP contribution in [0.2, 0.25) is 0 Å². The smallest absolute Gasteiger partial charge is 0.151 e. The van der Waals surface area contributed by atoms with Crippen LogP contribution in [0.1, 0.15) is 37.1 Å². The standard InChI is InChI=1S/C19H26N6O/c1-3-6-17-24-18-15(13-14(2)23-19(18)20)25(17)10-12-26-11-4-7-16-21-8-5-9-22-16/h5,8-9,13H,3-4,6-7,10-12H2,1-2H3,(H2,20,23). The summed E-state index contributed by atoms with van der Waals surface area (Å²) in [4.78, 5) is 17.5. The summed E-state index contributed by atoms with van der Waals surface area (Å²) in [6, 6.07) is 3.87. The summed E-state index contributed by atoms with van der Waals surface area (Å²) < 4.78 is 8.03. The van der Waals surface area contributed by atoms with E-state index in [-0.39, 0.29) is 0 Å². The lowest BCUT2D eigenvalue weighted by molar-refractivity contribution is 0.124. The van der Waals surface area contributed by atoms with Crippen LogP contribution in [0.3, 0.4) is 0 Å². The second-order valence-corrected chi connectivity index (χ2v) is 6.33. The predicted molar refractivity (Wildman–Crippen MR) is 102 cm³/mol. The minimum atomic E-state index is 0.500. The lowest BCUT2D eigenvalue weighted by Crippen LogP contribution is -2.10. The molecule has 138 valence electrons. The summed E-state index contributed by atoms with van der Waals surface area (Å²) in [5, 5.41) is 0. The molecule has 0 aliphatic carbocycles. The van der Waals surface area contributed by atoms with Crippen molar-refractivity contribution in [3.05, 3.63) is 41.9 Å². The maximum Gasteiger partial charge on any atom is 0.151 e. The van der Waals surface area contributed by atoms with Crippen molar-refractivity contribution in [1.29, 1.82) is 0 Å². The Bertz CT molecular complexity index is 846. The first-order chi connectivity index (χ1) is 12.7. The fourth-order valence-corrected chi connectivity index (χ4v) is 3.03. The number of aryl methyl sites for hydroxylation is 3. The molecule has 26 heavy (non-hydrogen) atoms. The van der Waals surface area contributed by atoms with E-state index < -0.39 is 0 Å². The summed E-state index contributed by atoms with van der Waals surface area (Å²) in [6.45, 7) is 6.19. The van der Waals surface area contributed by atoms with Crippen LogP contribution in [0.15, 0.2) is 24.5 Å². The van der Waals surface area contributed by atoms with Crippen molar-refractivity contribution < 1.29 is 4.74 Å². The fourth-order valence-electron chi connectivity index (χ4n) is 3.03. The normalized spacial score (nSPS) is 11.3. The number of aromatic nitrogens is 5. The SMILES string of the molecule is CCCc1nc2c(N)nc(C)cc2n1CCOCCCc1ncccn1. The number of imidazole rings is 1. The molecule has 0 aliphatic rings. The zero-order chi connectivity index (χ0) is 18.4. The van der Waals surface area contributed by atoms with Gasteiger partial charge in [-0.25, -0.2) is 19.9 Å². The van der Waals surface area contributed by atoms with Crippen LogP contribution in [0.25, 0.3) is 11.0 Å².